The summed E-state index contributed by atoms with van der Waals surface area (Å²) in [6.45, 7) is 2.48. The summed E-state index contributed by atoms with van der Waals surface area (Å²) >= 11 is 1.76. The van der Waals surface area contributed by atoms with Crippen molar-refractivity contribution < 1.29 is 4.79 Å². The van der Waals surface area contributed by atoms with Crippen LogP contribution < -0.4 is 15.5 Å². The van der Waals surface area contributed by atoms with Crippen molar-refractivity contribution >= 4 is 33.1 Å². The van der Waals surface area contributed by atoms with Crippen molar-refractivity contribution in [3.05, 3.63) is 47.6 Å². The van der Waals surface area contributed by atoms with Gasteiger partial charge in [0.05, 0.1) is 11.9 Å². The van der Waals surface area contributed by atoms with Gasteiger partial charge in [0.15, 0.2) is 0 Å². The number of urea groups is 1. The molecule has 0 aliphatic carbocycles. The summed E-state index contributed by atoms with van der Waals surface area (Å²) in [6, 6.07) is 8.51. The molecule has 142 valence electrons. The number of anilines is 1. The van der Waals surface area contributed by atoms with E-state index >= 15 is 0 Å². The molecule has 0 spiro atoms. The van der Waals surface area contributed by atoms with E-state index < -0.39 is 0 Å². The molecule has 2 N–H and O–H groups in total. The second-order valence-electron chi connectivity index (χ2n) is 7.06. The lowest BCUT2D eigenvalue weighted by atomic mass is 10.1. The molecule has 1 unspecified atom stereocenters. The van der Waals surface area contributed by atoms with Gasteiger partial charge < -0.3 is 15.5 Å². The van der Waals surface area contributed by atoms with E-state index in [1.807, 2.05) is 24.1 Å². The van der Waals surface area contributed by atoms with Crippen LogP contribution in [0.4, 0.5) is 10.5 Å². The van der Waals surface area contributed by atoms with Crippen molar-refractivity contribution in [3.8, 4) is 0 Å². The number of hydrogen-bond acceptors (Lipinski definition) is 4. The maximum Gasteiger partial charge on any atom is 0.315 e. The van der Waals surface area contributed by atoms with Crippen molar-refractivity contribution in [3.63, 3.8) is 0 Å². The number of hydrogen-bond donors (Lipinski definition) is 2. The highest BCUT2D eigenvalue weighted by Crippen LogP contribution is 2.25. The number of carbonyl (C=O) groups is 1. The maximum absolute atomic E-state index is 12.3. The van der Waals surface area contributed by atoms with Crippen molar-refractivity contribution in [2.75, 3.05) is 24.5 Å². The Morgan fingerprint density at radius 1 is 1.37 bits per heavy atom. The van der Waals surface area contributed by atoms with E-state index in [0.29, 0.717) is 6.54 Å². The van der Waals surface area contributed by atoms with Crippen LogP contribution in [0.3, 0.4) is 0 Å². The highest BCUT2D eigenvalue weighted by molar-refractivity contribution is 7.17. The first kappa shape index (κ1) is 17.9. The molecule has 7 heteroatoms. The van der Waals surface area contributed by atoms with Crippen molar-refractivity contribution in [1.82, 2.24) is 20.4 Å². The lowest BCUT2D eigenvalue weighted by Gasteiger charge is -2.33. The maximum atomic E-state index is 12.3. The molecule has 0 radical (unpaired) electrons. The minimum atomic E-state index is -0.0763. The van der Waals surface area contributed by atoms with Crippen LogP contribution in [0.25, 0.3) is 10.1 Å². The van der Waals surface area contributed by atoms with E-state index in [2.05, 4.69) is 50.3 Å². The summed E-state index contributed by atoms with van der Waals surface area (Å²) in [7, 11) is 1.92. The van der Waals surface area contributed by atoms with Gasteiger partial charge in [-0.25, -0.2) is 4.79 Å². The molecule has 0 bridgehead atoms. The number of piperidine rings is 1. The van der Waals surface area contributed by atoms with E-state index in [1.54, 1.807) is 11.3 Å². The standard InChI is InChI=1S/C20H25N5OS/c1-24-13-17(11-22-24)25-10-4-5-16(12-25)23-20(26)21-9-8-15-14-27-19-7-3-2-6-18(15)19/h2-3,6-7,11,13-14,16H,4-5,8-10,12H2,1H3,(H2,21,23,26). The number of thiophene rings is 1. The fourth-order valence-electron chi connectivity index (χ4n) is 3.67. The first-order chi connectivity index (χ1) is 13.2. The zero-order chi connectivity index (χ0) is 18.6. The van der Waals surface area contributed by atoms with Crippen LogP contribution in [-0.2, 0) is 13.5 Å². The molecule has 6 nitrogen and oxygen atoms in total. The van der Waals surface area contributed by atoms with Gasteiger partial charge in [0.2, 0.25) is 0 Å². The smallest absolute Gasteiger partial charge is 0.315 e. The SMILES string of the molecule is Cn1cc(N2CCCC(NC(=O)NCCc3csc4ccccc34)C2)cn1. The molecule has 1 atom stereocenters. The fraction of sp³-hybridized carbons (Fsp3) is 0.400. The second-order valence-corrected chi connectivity index (χ2v) is 7.98. The average Bonchev–Trinajstić information content (AvgIpc) is 3.29. The van der Waals surface area contributed by atoms with Crippen LogP contribution in [0.5, 0.6) is 0 Å². The van der Waals surface area contributed by atoms with Crippen LogP contribution in [-0.4, -0.2) is 41.5 Å². The predicted molar refractivity (Wildman–Crippen MR) is 111 cm³/mol. The number of nitrogens with zero attached hydrogens (tertiary/aromatic N) is 3. The number of aromatic nitrogens is 2. The fourth-order valence-corrected chi connectivity index (χ4v) is 4.67. The normalized spacial score (nSPS) is 17.2. The molecule has 2 amide bonds. The Bertz CT molecular complexity index is 918. The molecule has 1 aromatic carbocycles. The number of benzene rings is 1. The lowest BCUT2D eigenvalue weighted by Crippen LogP contribution is -2.50. The first-order valence-electron chi connectivity index (χ1n) is 9.42. The minimum absolute atomic E-state index is 0.0763. The number of aryl methyl sites for hydroxylation is 1. The number of fused-ring (bicyclic) bond motifs is 1. The molecule has 0 saturated carbocycles. The topological polar surface area (TPSA) is 62.2 Å². The summed E-state index contributed by atoms with van der Waals surface area (Å²) in [5, 5.41) is 13.9. The number of amides is 2. The van der Waals surface area contributed by atoms with Gasteiger partial charge in [-0.15, -0.1) is 11.3 Å². The van der Waals surface area contributed by atoms with E-state index in [-0.39, 0.29) is 12.1 Å². The Balaban J connectivity index is 1.25. The molecule has 27 heavy (non-hydrogen) atoms. The first-order valence-corrected chi connectivity index (χ1v) is 10.3. The summed E-state index contributed by atoms with van der Waals surface area (Å²) in [4.78, 5) is 14.6. The van der Waals surface area contributed by atoms with Gasteiger partial charge in [0.25, 0.3) is 0 Å². The molecule has 3 aromatic rings. The van der Waals surface area contributed by atoms with Gasteiger partial charge in [-0.05, 0) is 41.7 Å². The molecule has 1 aliphatic heterocycles. The number of rotatable bonds is 5. The van der Waals surface area contributed by atoms with Crippen LogP contribution >= 0.6 is 11.3 Å². The second kappa shape index (κ2) is 8.00. The third-order valence-corrected chi connectivity index (χ3v) is 6.07. The number of nitrogens with one attached hydrogen (secondary N) is 2. The molecular weight excluding hydrogens is 358 g/mol. The summed E-state index contributed by atoms with van der Waals surface area (Å²) < 4.78 is 3.11. The zero-order valence-electron chi connectivity index (χ0n) is 15.5. The van der Waals surface area contributed by atoms with E-state index in [0.717, 1.165) is 38.0 Å². The van der Waals surface area contributed by atoms with Gasteiger partial charge in [-0.1, -0.05) is 18.2 Å². The number of carbonyl (C=O) groups excluding carboxylic acids is 1. The van der Waals surface area contributed by atoms with Crippen LogP contribution in [0, 0.1) is 0 Å². The molecule has 1 saturated heterocycles. The highest BCUT2D eigenvalue weighted by Gasteiger charge is 2.22. The predicted octanol–water partition coefficient (Wildman–Crippen LogP) is 3.15. The molecule has 4 rings (SSSR count). The monoisotopic (exact) mass is 383 g/mol. The molecule has 3 heterocycles. The molecule has 2 aromatic heterocycles. The summed E-state index contributed by atoms with van der Waals surface area (Å²) in [6.07, 6.45) is 6.84. The Morgan fingerprint density at radius 3 is 3.11 bits per heavy atom. The Hall–Kier alpha value is -2.54. The quantitative estimate of drug-likeness (QED) is 0.711. The highest BCUT2D eigenvalue weighted by atomic mass is 32.1. The largest absolute Gasteiger partial charge is 0.367 e. The third-order valence-electron chi connectivity index (χ3n) is 5.05. The van der Waals surface area contributed by atoms with Crippen LogP contribution in [0.1, 0.15) is 18.4 Å². The van der Waals surface area contributed by atoms with Crippen molar-refractivity contribution in [2.45, 2.75) is 25.3 Å². The van der Waals surface area contributed by atoms with Crippen molar-refractivity contribution in [1.29, 1.82) is 0 Å². The van der Waals surface area contributed by atoms with E-state index in [9.17, 15) is 4.79 Å². The summed E-state index contributed by atoms with van der Waals surface area (Å²) in [5.41, 5.74) is 2.42. The Labute approximate surface area is 163 Å². The Kier molecular flexibility index (Phi) is 5.29. The summed E-state index contributed by atoms with van der Waals surface area (Å²) in [5.74, 6) is 0. The molecule has 1 aliphatic rings. The van der Waals surface area contributed by atoms with Gasteiger partial charge in [0.1, 0.15) is 0 Å². The van der Waals surface area contributed by atoms with E-state index in [4.69, 9.17) is 0 Å². The van der Waals surface area contributed by atoms with Gasteiger partial charge >= 0.3 is 6.03 Å². The van der Waals surface area contributed by atoms with Gasteiger partial charge in [-0.3, -0.25) is 4.68 Å². The molecule has 1 fully saturated rings. The van der Waals surface area contributed by atoms with Crippen LogP contribution in [0.2, 0.25) is 0 Å². The Morgan fingerprint density at radius 2 is 2.26 bits per heavy atom. The van der Waals surface area contributed by atoms with Gasteiger partial charge in [-0.2, -0.15) is 5.10 Å². The van der Waals surface area contributed by atoms with Crippen LogP contribution in [0.15, 0.2) is 42.0 Å². The van der Waals surface area contributed by atoms with E-state index in [1.165, 1.54) is 15.6 Å². The lowest BCUT2D eigenvalue weighted by molar-refractivity contribution is 0.235. The van der Waals surface area contributed by atoms with Gasteiger partial charge in [0, 0.05) is 43.6 Å². The average molecular weight is 384 g/mol. The minimum Gasteiger partial charge on any atom is -0.367 e. The third kappa shape index (κ3) is 4.24. The molecular formula is C20H25N5OS. The zero-order valence-corrected chi connectivity index (χ0v) is 16.3. The van der Waals surface area contributed by atoms with Crippen molar-refractivity contribution in [2.24, 2.45) is 7.05 Å².